The number of carbonyl (C=O) groups is 2. The van der Waals surface area contributed by atoms with E-state index >= 15 is 0 Å². The van der Waals surface area contributed by atoms with Crippen molar-refractivity contribution in [2.75, 3.05) is 5.32 Å². The molecule has 7 nitrogen and oxygen atoms in total. The third-order valence-corrected chi connectivity index (χ3v) is 2.97. The Morgan fingerprint density at radius 2 is 1.57 bits per heavy atom. The summed E-state index contributed by atoms with van der Waals surface area (Å²) >= 11 is 0. The molecular weight excluding hydrogens is 302 g/mol. The first-order valence-corrected chi connectivity index (χ1v) is 6.45. The van der Waals surface area contributed by atoms with Gasteiger partial charge in [0.25, 0.3) is 0 Å². The van der Waals surface area contributed by atoms with Gasteiger partial charge in [-0.2, -0.15) is 0 Å². The molecule has 0 aliphatic heterocycles. The van der Waals surface area contributed by atoms with Gasteiger partial charge in [0.15, 0.2) is 11.5 Å². The van der Waals surface area contributed by atoms with Crippen molar-refractivity contribution in [2.24, 2.45) is 0 Å². The molecule has 0 bridgehead atoms. The third-order valence-electron chi connectivity index (χ3n) is 2.97. The van der Waals surface area contributed by atoms with Crippen molar-refractivity contribution in [2.45, 2.75) is 0 Å². The molecule has 0 heterocycles. The number of carboxylic acids is 1. The summed E-state index contributed by atoms with van der Waals surface area (Å²) in [6.45, 7) is 0. The smallest absolute Gasteiger partial charge is 0.335 e. The van der Waals surface area contributed by atoms with Gasteiger partial charge in [0.2, 0.25) is 11.7 Å². The fraction of sp³-hybridized carbons (Fsp3) is 0. The molecule has 0 unspecified atom stereocenters. The van der Waals surface area contributed by atoms with E-state index in [1.165, 1.54) is 42.5 Å². The van der Waals surface area contributed by atoms with Gasteiger partial charge in [-0.1, -0.05) is 0 Å². The van der Waals surface area contributed by atoms with Gasteiger partial charge in [-0.3, -0.25) is 4.79 Å². The molecule has 0 fully saturated rings. The van der Waals surface area contributed by atoms with Gasteiger partial charge in [-0.25, -0.2) is 4.79 Å². The molecule has 0 saturated heterocycles. The van der Waals surface area contributed by atoms with E-state index in [0.717, 1.165) is 6.08 Å². The van der Waals surface area contributed by atoms with Crippen molar-refractivity contribution in [3.63, 3.8) is 0 Å². The van der Waals surface area contributed by atoms with Gasteiger partial charge in [0.1, 0.15) is 0 Å². The Bertz CT molecular complexity index is 780. The Hall–Kier alpha value is -3.48. The molecule has 2 rings (SSSR count). The van der Waals surface area contributed by atoms with E-state index in [9.17, 15) is 24.9 Å². The first-order valence-electron chi connectivity index (χ1n) is 6.45. The third kappa shape index (κ3) is 3.79. The molecule has 7 heteroatoms. The van der Waals surface area contributed by atoms with E-state index in [0.29, 0.717) is 5.69 Å². The second kappa shape index (κ2) is 6.52. The Kier molecular flexibility index (Phi) is 4.51. The maximum atomic E-state index is 11.8. The molecule has 5 N–H and O–H groups in total. The number of amides is 1. The number of benzene rings is 2. The van der Waals surface area contributed by atoms with E-state index in [-0.39, 0.29) is 11.1 Å². The van der Waals surface area contributed by atoms with Crippen molar-refractivity contribution in [3.8, 4) is 17.2 Å². The van der Waals surface area contributed by atoms with E-state index in [1.54, 1.807) is 0 Å². The van der Waals surface area contributed by atoms with Crippen molar-refractivity contribution < 1.29 is 30.0 Å². The highest BCUT2D eigenvalue weighted by atomic mass is 16.4. The van der Waals surface area contributed by atoms with E-state index in [2.05, 4.69) is 5.32 Å². The summed E-state index contributed by atoms with van der Waals surface area (Å²) in [6, 6.07) is 8.10. The fourth-order valence-electron chi connectivity index (χ4n) is 1.76. The predicted octanol–water partition coefficient (Wildman–Crippen LogP) is 2.15. The lowest BCUT2D eigenvalue weighted by Crippen LogP contribution is -2.08. The van der Waals surface area contributed by atoms with Gasteiger partial charge in [0.05, 0.1) is 5.56 Å². The number of hydrogen-bond donors (Lipinski definition) is 5. The fourth-order valence-corrected chi connectivity index (χ4v) is 1.76. The largest absolute Gasteiger partial charge is 0.504 e. The quantitative estimate of drug-likeness (QED) is 0.434. The summed E-state index contributed by atoms with van der Waals surface area (Å²) in [5, 5.41) is 39.5. The molecule has 2 aromatic carbocycles. The summed E-state index contributed by atoms with van der Waals surface area (Å²) in [5.41, 5.74) is 0.655. The highest BCUT2D eigenvalue weighted by Crippen LogP contribution is 2.37. The molecule has 23 heavy (non-hydrogen) atoms. The average Bonchev–Trinajstić information content (AvgIpc) is 2.52. The Balaban J connectivity index is 2.07. The predicted molar refractivity (Wildman–Crippen MR) is 82.5 cm³/mol. The van der Waals surface area contributed by atoms with Crippen LogP contribution in [0.2, 0.25) is 0 Å². The summed E-state index contributed by atoms with van der Waals surface area (Å²) < 4.78 is 0. The Morgan fingerprint density at radius 3 is 2.17 bits per heavy atom. The van der Waals surface area contributed by atoms with Crippen LogP contribution in [0.4, 0.5) is 5.69 Å². The zero-order chi connectivity index (χ0) is 17.0. The summed E-state index contributed by atoms with van der Waals surface area (Å²) in [7, 11) is 0. The molecule has 0 aliphatic rings. The maximum absolute atomic E-state index is 11.8. The number of carboxylic acid groups (broad SMARTS) is 1. The SMILES string of the molecule is O=C(C=Cc1ccc(O)c(O)c1O)Nc1ccc(C(=O)O)cc1. The monoisotopic (exact) mass is 315 g/mol. The number of anilines is 1. The van der Waals surface area contributed by atoms with Crippen molar-refractivity contribution in [1.82, 2.24) is 0 Å². The van der Waals surface area contributed by atoms with Gasteiger partial charge >= 0.3 is 5.97 Å². The van der Waals surface area contributed by atoms with Crippen LogP contribution in [0.3, 0.4) is 0 Å². The second-order valence-electron chi connectivity index (χ2n) is 4.58. The van der Waals surface area contributed by atoms with Gasteiger partial charge < -0.3 is 25.7 Å². The van der Waals surface area contributed by atoms with E-state index < -0.39 is 29.1 Å². The summed E-state index contributed by atoms with van der Waals surface area (Å²) in [6.07, 6.45) is 2.38. The molecule has 0 saturated carbocycles. The minimum absolute atomic E-state index is 0.100. The van der Waals surface area contributed by atoms with Gasteiger partial charge in [-0.15, -0.1) is 0 Å². The lowest BCUT2D eigenvalue weighted by atomic mass is 10.1. The number of phenolic OH excluding ortho intramolecular Hbond substituents is 3. The zero-order valence-corrected chi connectivity index (χ0v) is 11.7. The summed E-state index contributed by atoms with van der Waals surface area (Å²) in [4.78, 5) is 22.5. The minimum atomic E-state index is -1.06. The number of carbonyl (C=O) groups excluding carboxylic acids is 1. The lowest BCUT2D eigenvalue weighted by Gasteiger charge is -2.04. The molecule has 0 radical (unpaired) electrons. The Morgan fingerprint density at radius 1 is 0.913 bits per heavy atom. The number of hydrogen-bond acceptors (Lipinski definition) is 5. The van der Waals surface area contributed by atoms with Crippen LogP contribution in [0.1, 0.15) is 15.9 Å². The highest BCUT2D eigenvalue weighted by Gasteiger charge is 2.09. The standard InChI is InChI=1S/C16H13NO6/c18-12-7-3-9(14(20)15(12)21)4-8-13(19)17-11-5-1-10(2-6-11)16(22)23/h1-8,18,20-21H,(H,17,19)(H,22,23). The molecular formula is C16H13NO6. The average molecular weight is 315 g/mol. The zero-order valence-electron chi connectivity index (χ0n) is 11.7. The van der Waals surface area contributed by atoms with E-state index in [4.69, 9.17) is 5.11 Å². The molecule has 0 aliphatic carbocycles. The number of nitrogens with one attached hydrogen (secondary N) is 1. The molecule has 0 spiro atoms. The van der Waals surface area contributed by atoms with Gasteiger partial charge in [0, 0.05) is 17.3 Å². The van der Waals surface area contributed by atoms with Gasteiger partial charge in [-0.05, 0) is 42.5 Å². The van der Waals surface area contributed by atoms with Crippen LogP contribution in [0.25, 0.3) is 6.08 Å². The maximum Gasteiger partial charge on any atom is 0.335 e. The highest BCUT2D eigenvalue weighted by molar-refractivity contribution is 6.02. The van der Waals surface area contributed by atoms with Crippen molar-refractivity contribution in [1.29, 1.82) is 0 Å². The van der Waals surface area contributed by atoms with E-state index in [1.807, 2.05) is 0 Å². The molecule has 1 amide bonds. The number of aromatic carboxylic acids is 1. The summed E-state index contributed by atoms with van der Waals surface area (Å²) in [5.74, 6) is -3.26. The van der Waals surface area contributed by atoms with Crippen LogP contribution in [-0.2, 0) is 4.79 Å². The number of aromatic hydroxyl groups is 3. The lowest BCUT2D eigenvalue weighted by molar-refractivity contribution is -0.111. The molecule has 0 aromatic heterocycles. The molecule has 2 aromatic rings. The van der Waals surface area contributed by atoms with Crippen molar-refractivity contribution in [3.05, 3.63) is 53.6 Å². The molecule has 118 valence electrons. The van der Waals surface area contributed by atoms with Crippen LogP contribution in [0.15, 0.2) is 42.5 Å². The number of rotatable bonds is 4. The normalized spacial score (nSPS) is 10.6. The number of phenols is 3. The van der Waals surface area contributed by atoms with Crippen LogP contribution < -0.4 is 5.32 Å². The minimum Gasteiger partial charge on any atom is -0.504 e. The Labute approximate surface area is 130 Å². The first-order chi connectivity index (χ1) is 10.9. The molecule has 0 atom stereocenters. The van der Waals surface area contributed by atoms with Crippen molar-refractivity contribution >= 4 is 23.6 Å². The first kappa shape index (κ1) is 15.9. The van der Waals surface area contributed by atoms with Crippen LogP contribution in [-0.4, -0.2) is 32.3 Å². The van der Waals surface area contributed by atoms with Crippen LogP contribution >= 0.6 is 0 Å². The van der Waals surface area contributed by atoms with Crippen LogP contribution in [0.5, 0.6) is 17.2 Å². The second-order valence-corrected chi connectivity index (χ2v) is 4.58. The topological polar surface area (TPSA) is 127 Å². The van der Waals surface area contributed by atoms with Crippen LogP contribution in [0, 0.1) is 0 Å².